The van der Waals surface area contributed by atoms with Crippen molar-refractivity contribution in [1.82, 2.24) is 10.2 Å². The number of carbonyl (C=O) groups excluding carboxylic acids is 2. The number of rotatable bonds is 12. The third kappa shape index (κ3) is 8.15. The minimum absolute atomic E-state index is 0.0884. The monoisotopic (exact) mass is 650 g/mol. The van der Waals surface area contributed by atoms with Crippen LogP contribution in [-0.2, 0) is 26.2 Å². The third-order valence-electron chi connectivity index (χ3n) is 6.54. The van der Waals surface area contributed by atoms with Gasteiger partial charge in [0, 0.05) is 24.2 Å². The highest BCUT2D eigenvalue weighted by Gasteiger charge is 2.33. The lowest BCUT2D eigenvalue weighted by molar-refractivity contribution is -0.385. The second-order valence-corrected chi connectivity index (χ2v) is 12.7. The summed E-state index contributed by atoms with van der Waals surface area (Å²) in [6.07, 6.45) is 0. The first-order valence-corrected chi connectivity index (χ1v) is 15.3. The standard InChI is InChI=1S/C29H32Cl2N4O7S/c1-18(2)32-29(37)20(4)33(16-21-7-13-25(30)26(31)14-21)28(36)17-34(22-8-10-23(42-5)11-9-22)43(40,41)24-12-6-19(3)27(15-24)35(38)39/h6-15,18,20H,16-17H2,1-5H3,(H,32,37)/t20-/m0/s1. The topological polar surface area (TPSA) is 139 Å². The number of carbonyl (C=O) groups is 2. The Hall–Kier alpha value is -3.87. The Morgan fingerprint density at radius 1 is 1.00 bits per heavy atom. The lowest BCUT2D eigenvalue weighted by atomic mass is 10.1. The number of amides is 2. The van der Waals surface area contributed by atoms with Crippen LogP contribution in [0.2, 0.25) is 10.0 Å². The predicted molar refractivity (Wildman–Crippen MR) is 165 cm³/mol. The summed E-state index contributed by atoms with van der Waals surface area (Å²) in [5, 5.41) is 14.9. The quantitative estimate of drug-likeness (QED) is 0.206. The van der Waals surface area contributed by atoms with Gasteiger partial charge in [-0.15, -0.1) is 0 Å². The maximum atomic E-state index is 14.0. The van der Waals surface area contributed by atoms with Gasteiger partial charge < -0.3 is 15.0 Å². The molecule has 0 spiro atoms. The van der Waals surface area contributed by atoms with E-state index >= 15 is 0 Å². The molecule has 3 aromatic rings. The Balaban J connectivity index is 2.11. The number of nitrogens with one attached hydrogen (secondary N) is 1. The second kappa shape index (κ2) is 14.1. The van der Waals surface area contributed by atoms with Crippen molar-refractivity contribution in [2.24, 2.45) is 0 Å². The molecule has 2 amide bonds. The molecule has 3 rings (SSSR count). The number of sulfonamides is 1. The Bertz CT molecular complexity index is 1620. The van der Waals surface area contributed by atoms with Crippen LogP contribution in [0.5, 0.6) is 5.75 Å². The Morgan fingerprint density at radius 3 is 2.21 bits per heavy atom. The van der Waals surface area contributed by atoms with E-state index in [0.717, 1.165) is 10.4 Å². The van der Waals surface area contributed by atoms with Crippen molar-refractivity contribution in [3.8, 4) is 5.75 Å². The number of halogens is 2. The van der Waals surface area contributed by atoms with Gasteiger partial charge in [-0.3, -0.25) is 24.0 Å². The molecule has 0 heterocycles. The van der Waals surface area contributed by atoms with Crippen molar-refractivity contribution in [2.45, 2.75) is 51.2 Å². The first kappa shape index (κ1) is 33.6. The predicted octanol–water partition coefficient (Wildman–Crippen LogP) is 5.36. The molecular formula is C29H32Cl2N4O7S. The summed E-state index contributed by atoms with van der Waals surface area (Å²) in [4.78, 5) is 38.8. The van der Waals surface area contributed by atoms with Crippen LogP contribution in [0.15, 0.2) is 65.6 Å². The summed E-state index contributed by atoms with van der Waals surface area (Å²) in [6, 6.07) is 13.0. The van der Waals surface area contributed by atoms with Crippen LogP contribution < -0.4 is 14.4 Å². The number of nitro groups is 1. The molecule has 0 radical (unpaired) electrons. The fourth-order valence-corrected chi connectivity index (χ4v) is 5.93. The number of methoxy groups -OCH3 is 1. The molecule has 0 saturated carbocycles. The number of anilines is 1. The van der Waals surface area contributed by atoms with E-state index in [9.17, 15) is 28.1 Å². The zero-order chi connectivity index (χ0) is 32.1. The lowest BCUT2D eigenvalue weighted by Gasteiger charge is -2.32. The summed E-state index contributed by atoms with van der Waals surface area (Å²) in [7, 11) is -3.08. The van der Waals surface area contributed by atoms with E-state index in [1.807, 2.05) is 0 Å². The van der Waals surface area contributed by atoms with Crippen LogP contribution >= 0.6 is 23.2 Å². The minimum Gasteiger partial charge on any atom is -0.497 e. The molecule has 0 aliphatic rings. The first-order valence-electron chi connectivity index (χ1n) is 13.1. The number of hydrogen-bond acceptors (Lipinski definition) is 7. The van der Waals surface area contributed by atoms with E-state index in [0.29, 0.717) is 16.3 Å². The highest BCUT2D eigenvalue weighted by molar-refractivity contribution is 7.92. The second-order valence-electron chi connectivity index (χ2n) is 10.0. The molecule has 0 saturated heterocycles. The Morgan fingerprint density at radius 2 is 1.65 bits per heavy atom. The molecule has 0 bridgehead atoms. The Labute approximate surface area is 260 Å². The van der Waals surface area contributed by atoms with Crippen LogP contribution in [0.3, 0.4) is 0 Å². The zero-order valence-corrected chi connectivity index (χ0v) is 26.5. The summed E-state index contributed by atoms with van der Waals surface area (Å²) >= 11 is 12.2. The molecule has 1 atom stereocenters. The SMILES string of the molecule is COc1ccc(N(CC(=O)N(Cc2ccc(Cl)c(Cl)c2)[C@@H](C)C(=O)NC(C)C)S(=O)(=O)c2ccc(C)c([N+](=O)[O-])c2)cc1. The highest BCUT2D eigenvalue weighted by Crippen LogP contribution is 2.30. The van der Waals surface area contributed by atoms with Crippen LogP contribution in [0.25, 0.3) is 0 Å². The molecule has 3 aromatic carbocycles. The summed E-state index contributed by atoms with van der Waals surface area (Å²) in [5.41, 5.74) is 0.544. The van der Waals surface area contributed by atoms with E-state index in [-0.39, 0.29) is 39.4 Å². The Kier molecular flexibility index (Phi) is 11.0. The van der Waals surface area contributed by atoms with Crippen LogP contribution in [0.1, 0.15) is 31.9 Å². The molecule has 0 unspecified atom stereocenters. The van der Waals surface area contributed by atoms with Gasteiger partial charge in [0.2, 0.25) is 11.8 Å². The van der Waals surface area contributed by atoms with Crippen molar-refractivity contribution in [3.63, 3.8) is 0 Å². The average Bonchev–Trinajstić information content (AvgIpc) is 2.95. The molecule has 0 fully saturated rings. The molecule has 1 N–H and O–H groups in total. The molecule has 0 aliphatic carbocycles. The van der Waals surface area contributed by atoms with Gasteiger partial charge in [-0.25, -0.2) is 8.42 Å². The maximum Gasteiger partial charge on any atom is 0.273 e. The van der Waals surface area contributed by atoms with Gasteiger partial charge in [0.25, 0.3) is 15.7 Å². The number of hydrogen-bond donors (Lipinski definition) is 1. The molecule has 14 heteroatoms. The number of ether oxygens (including phenoxy) is 1. The van der Waals surface area contributed by atoms with E-state index in [1.165, 1.54) is 62.3 Å². The van der Waals surface area contributed by atoms with E-state index in [4.69, 9.17) is 27.9 Å². The van der Waals surface area contributed by atoms with Crippen molar-refractivity contribution in [1.29, 1.82) is 0 Å². The van der Waals surface area contributed by atoms with Crippen LogP contribution in [0.4, 0.5) is 11.4 Å². The molecule has 0 aromatic heterocycles. The zero-order valence-electron chi connectivity index (χ0n) is 24.2. The van der Waals surface area contributed by atoms with Gasteiger partial charge in [-0.2, -0.15) is 0 Å². The third-order valence-corrected chi connectivity index (χ3v) is 9.05. The summed E-state index contributed by atoms with van der Waals surface area (Å²) in [5.74, 6) is -0.714. The molecule has 43 heavy (non-hydrogen) atoms. The molecular weight excluding hydrogens is 619 g/mol. The number of nitro benzene ring substituents is 1. The normalized spacial score (nSPS) is 12.0. The van der Waals surface area contributed by atoms with Crippen molar-refractivity contribution >= 4 is 56.4 Å². The van der Waals surface area contributed by atoms with E-state index in [2.05, 4.69) is 5.32 Å². The van der Waals surface area contributed by atoms with Crippen LogP contribution in [-0.4, -0.2) is 55.8 Å². The van der Waals surface area contributed by atoms with Gasteiger partial charge >= 0.3 is 0 Å². The van der Waals surface area contributed by atoms with Crippen molar-refractivity contribution < 1.29 is 27.7 Å². The fourth-order valence-electron chi connectivity index (χ4n) is 4.17. The maximum absolute atomic E-state index is 14.0. The number of nitrogens with zero attached hydrogens (tertiary/aromatic N) is 3. The van der Waals surface area contributed by atoms with E-state index < -0.39 is 39.3 Å². The number of benzene rings is 3. The fraction of sp³-hybridized carbons (Fsp3) is 0.310. The summed E-state index contributed by atoms with van der Waals surface area (Å²) in [6.45, 7) is 5.75. The lowest BCUT2D eigenvalue weighted by Crippen LogP contribution is -2.52. The number of aryl methyl sites for hydroxylation is 1. The average molecular weight is 652 g/mol. The van der Waals surface area contributed by atoms with Gasteiger partial charge in [0.1, 0.15) is 18.3 Å². The highest BCUT2D eigenvalue weighted by atomic mass is 35.5. The largest absolute Gasteiger partial charge is 0.497 e. The first-order chi connectivity index (χ1) is 20.1. The van der Waals surface area contributed by atoms with Gasteiger partial charge in [0.05, 0.1) is 32.7 Å². The minimum atomic E-state index is -4.52. The van der Waals surface area contributed by atoms with Crippen molar-refractivity contribution in [2.75, 3.05) is 18.0 Å². The molecule has 11 nitrogen and oxygen atoms in total. The molecule has 230 valence electrons. The van der Waals surface area contributed by atoms with E-state index in [1.54, 1.807) is 32.0 Å². The summed E-state index contributed by atoms with van der Waals surface area (Å²) < 4.78 is 34.1. The smallest absolute Gasteiger partial charge is 0.273 e. The molecule has 0 aliphatic heterocycles. The van der Waals surface area contributed by atoms with Crippen molar-refractivity contribution in [3.05, 3.63) is 92.0 Å². The van der Waals surface area contributed by atoms with Crippen LogP contribution in [0, 0.1) is 17.0 Å². The van der Waals surface area contributed by atoms with Gasteiger partial charge in [-0.05, 0) is 75.7 Å². The van der Waals surface area contributed by atoms with Gasteiger partial charge in [0.15, 0.2) is 0 Å². The van der Waals surface area contributed by atoms with Gasteiger partial charge in [-0.1, -0.05) is 35.3 Å².